The van der Waals surface area contributed by atoms with E-state index in [-0.39, 0.29) is 5.91 Å². The fraction of sp³-hybridized carbons (Fsp3) is 0.611. The van der Waals surface area contributed by atoms with E-state index in [1.54, 1.807) is 6.92 Å². The number of ether oxygens (including phenoxy) is 2. The monoisotopic (exact) mass is 305 g/mol. The molecule has 1 atom stereocenters. The molecule has 1 amide bonds. The van der Waals surface area contributed by atoms with Crippen molar-refractivity contribution in [3.8, 4) is 5.75 Å². The Morgan fingerprint density at radius 3 is 2.82 bits per heavy atom. The summed E-state index contributed by atoms with van der Waals surface area (Å²) in [6, 6.07) is 6.20. The lowest BCUT2D eigenvalue weighted by Crippen LogP contribution is -2.37. The summed E-state index contributed by atoms with van der Waals surface area (Å²) in [5.41, 5.74) is 2.79. The van der Waals surface area contributed by atoms with E-state index in [4.69, 9.17) is 9.47 Å². The summed E-state index contributed by atoms with van der Waals surface area (Å²) >= 11 is 0. The van der Waals surface area contributed by atoms with Crippen molar-refractivity contribution in [3.63, 3.8) is 0 Å². The van der Waals surface area contributed by atoms with Crippen LogP contribution >= 0.6 is 0 Å². The predicted octanol–water partition coefficient (Wildman–Crippen LogP) is 2.88. The van der Waals surface area contributed by atoms with Gasteiger partial charge in [0.25, 0.3) is 5.91 Å². The molecule has 2 rings (SSSR count). The third-order valence-electron chi connectivity index (χ3n) is 3.97. The highest BCUT2D eigenvalue weighted by atomic mass is 16.5. The highest BCUT2D eigenvalue weighted by Gasteiger charge is 2.15. The minimum absolute atomic E-state index is 0.0748. The van der Waals surface area contributed by atoms with E-state index in [0.29, 0.717) is 19.8 Å². The van der Waals surface area contributed by atoms with Gasteiger partial charge in [0.1, 0.15) is 5.75 Å². The number of carbonyl (C=O) groups excluding carboxylic acids is 1. The average molecular weight is 305 g/mol. The number of hydrogen-bond donors (Lipinski definition) is 1. The van der Waals surface area contributed by atoms with Gasteiger partial charge in [-0.25, -0.2) is 0 Å². The van der Waals surface area contributed by atoms with Crippen LogP contribution in [0.2, 0.25) is 0 Å². The van der Waals surface area contributed by atoms with E-state index in [2.05, 4.69) is 17.4 Å². The molecule has 0 aromatic heterocycles. The highest BCUT2D eigenvalue weighted by molar-refractivity contribution is 5.80. The Kier molecular flexibility index (Phi) is 6.72. The summed E-state index contributed by atoms with van der Waals surface area (Å²) in [5.74, 6) is 0.715. The van der Waals surface area contributed by atoms with Gasteiger partial charge in [-0.3, -0.25) is 4.79 Å². The number of aryl methyl sites for hydroxylation is 2. The number of hydrogen-bond acceptors (Lipinski definition) is 3. The Hall–Kier alpha value is -1.55. The summed E-state index contributed by atoms with van der Waals surface area (Å²) in [4.78, 5) is 12.0. The molecule has 122 valence electrons. The van der Waals surface area contributed by atoms with Crippen molar-refractivity contribution in [2.45, 2.75) is 52.1 Å². The zero-order chi connectivity index (χ0) is 15.8. The first-order valence-electron chi connectivity index (χ1n) is 8.34. The molecule has 1 N–H and O–H groups in total. The molecule has 1 aromatic rings. The van der Waals surface area contributed by atoms with Crippen LogP contribution in [0, 0.1) is 0 Å². The van der Waals surface area contributed by atoms with Crippen molar-refractivity contribution >= 4 is 5.91 Å². The first kappa shape index (κ1) is 16.8. The third-order valence-corrected chi connectivity index (χ3v) is 3.97. The van der Waals surface area contributed by atoms with Crippen LogP contribution < -0.4 is 10.1 Å². The molecular weight excluding hydrogens is 278 g/mol. The lowest BCUT2D eigenvalue weighted by molar-refractivity contribution is -0.127. The van der Waals surface area contributed by atoms with Crippen LogP contribution in [0.5, 0.6) is 5.75 Å². The molecule has 0 saturated carbocycles. The molecule has 22 heavy (non-hydrogen) atoms. The Labute approximate surface area is 133 Å². The second-order valence-corrected chi connectivity index (χ2v) is 5.74. The lowest BCUT2D eigenvalue weighted by Gasteiger charge is -2.19. The van der Waals surface area contributed by atoms with Gasteiger partial charge in [0, 0.05) is 19.8 Å². The van der Waals surface area contributed by atoms with Gasteiger partial charge in [-0.1, -0.05) is 6.07 Å². The van der Waals surface area contributed by atoms with Crippen LogP contribution in [0.3, 0.4) is 0 Å². The first-order valence-corrected chi connectivity index (χ1v) is 8.34. The van der Waals surface area contributed by atoms with Crippen molar-refractivity contribution in [1.82, 2.24) is 5.32 Å². The van der Waals surface area contributed by atoms with Gasteiger partial charge >= 0.3 is 0 Å². The van der Waals surface area contributed by atoms with Crippen molar-refractivity contribution in [3.05, 3.63) is 29.3 Å². The Morgan fingerprint density at radius 2 is 2.05 bits per heavy atom. The van der Waals surface area contributed by atoms with Crippen LogP contribution in [0.25, 0.3) is 0 Å². The molecule has 0 fully saturated rings. The highest BCUT2D eigenvalue weighted by Crippen LogP contribution is 2.25. The molecule has 0 spiro atoms. The molecule has 4 nitrogen and oxygen atoms in total. The Balaban J connectivity index is 1.78. The van der Waals surface area contributed by atoms with Crippen LogP contribution in [0.4, 0.5) is 0 Å². The van der Waals surface area contributed by atoms with Crippen LogP contribution in [-0.2, 0) is 22.4 Å². The van der Waals surface area contributed by atoms with Crippen LogP contribution in [-0.4, -0.2) is 31.8 Å². The number of benzene rings is 1. The minimum Gasteiger partial charge on any atom is -0.481 e. The number of fused-ring (bicyclic) bond motifs is 1. The van der Waals surface area contributed by atoms with Crippen LogP contribution in [0.15, 0.2) is 18.2 Å². The second kappa shape index (κ2) is 8.79. The predicted molar refractivity (Wildman–Crippen MR) is 87.3 cm³/mol. The molecule has 0 aliphatic heterocycles. The summed E-state index contributed by atoms with van der Waals surface area (Å²) in [6.07, 6.45) is 5.13. The second-order valence-electron chi connectivity index (χ2n) is 5.74. The van der Waals surface area contributed by atoms with E-state index in [9.17, 15) is 4.79 Å². The standard InChI is InChI=1S/C18H27NO3/c1-3-21-12-6-11-19-18(20)14(2)22-17-10-9-15-7-4-5-8-16(15)13-17/h9-10,13-14H,3-8,11-12H2,1-2H3,(H,19,20). The van der Waals surface area contributed by atoms with Crippen molar-refractivity contribution in [2.24, 2.45) is 0 Å². The summed E-state index contributed by atoms with van der Waals surface area (Å²) in [5, 5.41) is 2.88. The van der Waals surface area contributed by atoms with Gasteiger partial charge in [-0.15, -0.1) is 0 Å². The maximum Gasteiger partial charge on any atom is 0.260 e. The fourth-order valence-corrected chi connectivity index (χ4v) is 2.71. The first-order chi connectivity index (χ1) is 10.7. The molecule has 0 radical (unpaired) electrons. The van der Waals surface area contributed by atoms with Crippen molar-refractivity contribution < 1.29 is 14.3 Å². The average Bonchev–Trinajstić information content (AvgIpc) is 2.54. The molecule has 1 aliphatic carbocycles. The molecule has 0 bridgehead atoms. The van der Waals surface area contributed by atoms with Gasteiger partial charge < -0.3 is 14.8 Å². The van der Waals surface area contributed by atoms with Gasteiger partial charge in [0.05, 0.1) is 0 Å². The van der Waals surface area contributed by atoms with E-state index in [0.717, 1.165) is 25.0 Å². The van der Waals surface area contributed by atoms with E-state index in [1.807, 2.05) is 13.0 Å². The molecular formula is C18H27NO3. The summed E-state index contributed by atoms with van der Waals surface area (Å²) in [7, 11) is 0. The zero-order valence-corrected chi connectivity index (χ0v) is 13.7. The van der Waals surface area contributed by atoms with Gasteiger partial charge in [-0.05, 0) is 69.2 Å². The lowest BCUT2D eigenvalue weighted by atomic mass is 9.92. The van der Waals surface area contributed by atoms with E-state index >= 15 is 0 Å². The molecule has 1 aliphatic rings. The largest absolute Gasteiger partial charge is 0.481 e. The Bertz CT molecular complexity index is 487. The molecule has 4 heteroatoms. The van der Waals surface area contributed by atoms with Crippen molar-refractivity contribution in [2.75, 3.05) is 19.8 Å². The van der Waals surface area contributed by atoms with Crippen LogP contribution in [0.1, 0.15) is 44.2 Å². The van der Waals surface area contributed by atoms with E-state index < -0.39 is 6.10 Å². The van der Waals surface area contributed by atoms with Crippen molar-refractivity contribution in [1.29, 1.82) is 0 Å². The number of rotatable bonds is 8. The topological polar surface area (TPSA) is 47.6 Å². The number of nitrogens with one attached hydrogen (secondary N) is 1. The van der Waals surface area contributed by atoms with Gasteiger partial charge in [-0.2, -0.15) is 0 Å². The smallest absolute Gasteiger partial charge is 0.260 e. The van der Waals surface area contributed by atoms with E-state index in [1.165, 1.54) is 24.0 Å². The molecule has 0 heterocycles. The SMILES string of the molecule is CCOCCCNC(=O)C(C)Oc1ccc2c(c1)CCCC2. The fourth-order valence-electron chi connectivity index (χ4n) is 2.71. The summed E-state index contributed by atoms with van der Waals surface area (Å²) in [6.45, 7) is 5.77. The molecule has 1 aromatic carbocycles. The molecule has 1 unspecified atom stereocenters. The minimum atomic E-state index is -0.478. The maximum absolute atomic E-state index is 12.0. The normalized spacial score (nSPS) is 15.0. The quantitative estimate of drug-likeness (QED) is 0.751. The third kappa shape index (κ3) is 5.02. The number of carbonyl (C=O) groups is 1. The summed E-state index contributed by atoms with van der Waals surface area (Å²) < 4.78 is 11.0. The van der Waals surface area contributed by atoms with Gasteiger partial charge in [0.15, 0.2) is 6.10 Å². The zero-order valence-electron chi connectivity index (χ0n) is 13.7. The Morgan fingerprint density at radius 1 is 1.27 bits per heavy atom. The maximum atomic E-state index is 12.0. The van der Waals surface area contributed by atoms with Gasteiger partial charge in [0.2, 0.25) is 0 Å². The number of amides is 1. The molecule has 0 saturated heterocycles.